The van der Waals surface area contributed by atoms with Crippen LogP contribution in [0, 0.1) is 0 Å². The van der Waals surface area contributed by atoms with Gasteiger partial charge in [0.15, 0.2) is 0 Å². The van der Waals surface area contributed by atoms with E-state index in [0.717, 1.165) is 0 Å². The smallest absolute Gasteiger partial charge is 0.309 e. The Hall–Kier alpha value is 0.630. The third-order valence-electron chi connectivity index (χ3n) is 1.29. The van der Waals surface area contributed by atoms with E-state index in [1.807, 2.05) is 0 Å². The first-order valence-corrected chi connectivity index (χ1v) is 4.38. The summed E-state index contributed by atoms with van der Waals surface area (Å²) < 4.78 is 3.03. The van der Waals surface area contributed by atoms with Gasteiger partial charge in [0.25, 0.3) is 0 Å². The second-order valence-electron chi connectivity index (χ2n) is 2.18. The molecule has 0 amide bonds. The predicted octanol–water partition coefficient (Wildman–Crippen LogP) is 2.28. The molecule has 0 N–H and O–H groups in total. The first-order chi connectivity index (χ1) is 4.91. The van der Waals surface area contributed by atoms with Gasteiger partial charge < -0.3 is 4.74 Å². The van der Waals surface area contributed by atoms with E-state index in [-0.39, 0.29) is 12.4 Å². The van der Waals surface area contributed by atoms with Gasteiger partial charge in [0.2, 0.25) is 3.79 Å². The predicted molar refractivity (Wildman–Crippen MR) is 44.4 cm³/mol. The van der Waals surface area contributed by atoms with Crippen LogP contribution in [0.5, 0.6) is 0 Å². The van der Waals surface area contributed by atoms with Crippen molar-refractivity contribution < 1.29 is 9.53 Å². The van der Waals surface area contributed by atoms with Gasteiger partial charge in [-0.25, -0.2) is 0 Å². The van der Waals surface area contributed by atoms with E-state index < -0.39 is 15.3 Å². The zero-order chi connectivity index (χ0) is 8.65. The van der Waals surface area contributed by atoms with Crippen LogP contribution in [0.4, 0.5) is 0 Å². The lowest BCUT2D eigenvalue weighted by molar-refractivity contribution is -0.169. The molecule has 64 valence electrons. The first-order valence-electron chi connectivity index (χ1n) is 2.81. The molecule has 2 nitrogen and oxygen atoms in total. The summed E-state index contributed by atoms with van der Waals surface area (Å²) >= 11 is 22.0. The van der Waals surface area contributed by atoms with Crippen molar-refractivity contribution in [3.63, 3.8) is 0 Å². The Morgan fingerprint density at radius 2 is 2.00 bits per heavy atom. The lowest BCUT2D eigenvalue weighted by Crippen LogP contribution is -2.45. The number of carbonyl (C=O) groups is 1. The van der Waals surface area contributed by atoms with Crippen molar-refractivity contribution in [3.8, 4) is 0 Å². The zero-order valence-electron chi connectivity index (χ0n) is 5.19. The molecule has 0 aromatic rings. The van der Waals surface area contributed by atoms with Crippen molar-refractivity contribution >= 4 is 52.4 Å². The minimum atomic E-state index is -1.58. The van der Waals surface area contributed by atoms with Crippen LogP contribution in [0.1, 0.15) is 6.42 Å². The van der Waals surface area contributed by atoms with Crippen LogP contribution in [0.25, 0.3) is 0 Å². The zero-order valence-corrected chi connectivity index (χ0v) is 8.21. The third kappa shape index (κ3) is 2.28. The van der Waals surface area contributed by atoms with Gasteiger partial charge in [-0.1, -0.05) is 34.8 Å². The number of ether oxygens (including phenoxy) is 1. The Kier molecular flexibility index (Phi) is 2.80. The molecule has 1 rings (SSSR count). The summed E-state index contributed by atoms with van der Waals surface area (Å²) in [6.07, 6.45) is -0.237. The van der Waals surface area contributed by atoms with Crippen LogP contribution in [0.3, 0.4) is 0 Å². The number of alkyl halides is 4. The minimum absolute atomic E-state index is 0.224. The fourth-order valence-electron chi connectivity index (χ4n) is 0.697. The maximum atomic E-state index is 10.3. The average molecular weight is 238 g/mol. The number of halogens is 4. The number of hydrogen-bond donors (Lipinski definition) is 0. The Bertz CT molecular complexity index is 168. The second-order valence-corrected chi connectivity index (χ2v) is 5.01. The van der Waals surface area contributed by atoms with Crippen molar-refractivity contribution in [1.82, 2.24) is 0 Å². The van der Waals surface area contributed by atoms with Gasteiger partial charge in [-0.2, -0.15) is 0 Å². The van der Waals surface area contributed by atoms with Gasteiger partial charge in [0.05, 0.1) is 6.42 Å². The highest BCUT2D eigenvalue weighted by Crippen LogP contribution is 2.39. The standard InChI is InChI=1S/C5H4Cl4O2/c6-4(5(7,8)9)2-1-3(10)11-2/h2,4H,1H2. The molecule has 1 aliphatic rings. The normalized spacial score (nSPS) is 27.3. The Morgan fingerprint density at radius 1 is 1.55 bits per heavy atom. The number of carbonyl (C=O) groups excluding carboxylic acids is 1. The van der Waals surface area contributed by atoms with Gasteiger partial charge in [-0.05, 0) is 0 Å². The molecule has 11 heavy (non-hydrogen) atoms. The molecule has 0 aromatic heterocycles. The molecule has 1 saturated heterocycles. The quantitative estimate of drug-likeness (QED) is 0.517. The van der Waals surface area contributed by atoms with Gasteiger partial charge in [-0.15, -0.1) is 11.6 Å². The van der Waals surface area contributed by atoms with E-state index in [2.05, 4.69) is 4.74 Å². The Balaban J connectivity index is 2.43. The summed E-state index contributed by atoms with van der Waals surface area (Å²) in [7, 11) is 0. The van der Waals surface area contributed by atoms with Gasteiger partial charge >= 0.3 is 5.97 Å². The molecule has 2 atom stereocenters. The molecule has 0 saturated carbocycles. The molecule has 1 fully saturated rings. The monoisotopic (exact) mass is 236 g/mol. The van der Waals surface area contributed by atoms with Crippen molar-refractivity contribution in [2.24, 2.45) is 0 Å². The molecule has 1 heterocycles. The van der Waals surface area contributed by atoms with Crippen molar-refractivity contribution in [2.75, 3.05) is 0 Å². The molecule has 0 aliphatic carbocycles. The molecule has 6 heteroatoms. The van der Waals surface area contributed by atoms with Crippen molar-refractivity contribution in [2.45, 2.75) is 21.7 Å². The molecule has 2 unspecified atom stereocenters. The molecule has 0 aromatic carbocycles. The van der Waals surface area contributed by atoms with Crippen molar-refractivity contribution in [3.05, 3.63) is 0 Å². The SMILES string of the molecule is O=C1CC(C(Cl)C(Cl)(Cl)Cl)O1. The molecule has 1 aliphatic heterocycles. The second kappa shape index (κ2) is 3.17. The maximum absolute atomic E-state index is 10.3. The van der Waals surface area contributed by atoms with Crippen LogP contribution in [0.15, 0.2) is 0 Å². The van der Waals surface area contributed by atoms with Crippen LogP contribution < -0.4 is 0 Å². The lowest BCUT2D eigenvalue weighted by atomic mass is 10.1. The fraction of sp³-hybridized carbons (Fsp3) is 0.800. The van der Waals surface area contributed by atoms with E-state index in [9.17, 15) is 4.79 Å². The summed E-state index contributed by atoms with van der Waals surface area (Å²) in [6.45, 7) is 0. The summed E-state index contributed by atoms with van der Waals surface area (Å²) in [5.74, 6) is -0.310. The molecule has 0 radical (unpaired) electrons. The fourth-order valence-corrected chi connectivity index (χ4v) is 1.26. The van der Waals surface area contributed by atoms with Gasteiger partial charge in [-0.3, -0.25) is 4.79 Å². The molecular weight excluding hydrogens is 234 g/mol. The summed E-state index contributed by atoms with van der Waals surface area (Å²) in [5.41, 5.74) is 0. The van der Waals surface area contributed by atoms with E-state index in [1.54, 1.807) is 0 Å². The van der Waals surface area contributed by atoms with E-state index in [0.29, 0.717) is 0 Å². The summed E-state index contributed by atoms with van der Waals surface area (Å²) in [6, 6.07) is 0. The Morgan fingerprint density at radius 3 is 2.27 bits per heavy atom. The van der Waals surface area contributed by atoms with E-state index in [1.165, 1.54) is 0 Å². The number of esters is 1. The molecule has 0 bridgehead atoms. The Labute approximate surface area is 83.7 Å². The highest BCUT2D eigenvalue weighted by Gasteiger charge is 2.45. The third-order valence-corrected chi connectivity index (χ3v) is 2.94. The van der Waals surface area contributed by atoms with Gasteiger partial charge in [0.1, 0.15) is 11.5 Å². The largest absolute Gasteiger partial charge is 0.460 e. The highest BCUT2D eigenvalue weighted by atomic mass is 35.6. The summed E-state index contributed by atoms with van der Waals surface area (Å²) in [4.78, 5) is 10.3. The van der Waals surface area contributed by atoms with Crippen LogP contribution in [-0.2, 0) is 9.53 Å². The topological polar surface area (TPSA) is 26.3 Å². The number of rotatable bonds is 1. The average Bonchev–Trinajstić information content (AvgIpc) is 1.77. The van der Waals surface area contributed by atoms with E-state index in [4.69, 9.17) is 46.4 Å². The van der Waals surface area contributed by atoms with E-state index >= 15 is 0 Å². The van der Waals surface area contributed by atoms with Crippen LogP contribution >= 0.6 is 46.4 Å². The van der Waals surface area contributed by atoms with Crippen LogP contribution in [-0.4, -0.2) is 21.2 Å². The first kappa shape index (κ1) is 9.72. The van der Waals surface area contributed by atoms with Crippen LogP contribution in [0.2, 0.25) is 0 Å². The molecule has 0 spiro atoms. The highest BCUT2D eigenvalue weighted by molar-refractivity contribution is 6.70. The maximum Gasteiger partial charge on any atom is 0.309 e. The van der Waals surface area contributed by atoms with Crippen molar-refractivity contribution in [1.29, 1.82) is 0 Å². The minimum Gasteiger partial charge on any atom is -0.460 e. The summed E-state index contributed by atoms with van der Waals surface area (Å²) in [5, 5.41) is -0.773. The van der Waals surface area contributed by atoms with Gasteiger partial charge in [0, 0.05) is 0 Å². The number of cyclic esters (lactones) is 1. The lowest BCUT2D eigenvalue weighted by Gasteiger charge is -2.32. The molecular formula is C5H4Cl4O2. The number of hydrogen-bond acceptors (Lipinski definition) is 2.